The van der Waals surface area contributed by atoms with Gasteiger partial charge in [-0.3, -0.25) is 4.79 Å². The third kappa shape index (κ3) is 4.35. The molecule has 30 heavy (non-hydrogen) atoms. The van der Waals surface area contributed by atoms with E-state index in [-0.39, 0.29) is 18.1 Å². The molecule has 0 saturated carbocycles. The summed E-state index contributed by atoms with van der Waals surface area (Å²) in [5.74, 6) is 1.38. The van der Waals surface area contributed by atoms with Crippen LogP contribution in [0.3, 0.4) is 0 Å². The van der Waals surface area contributed by atoms with Crippen LogP contribution in [0.4, 0.5) is 10.5 Å². The molecule has 1 aliphatic rings. The number of carbonyl (C=O) groups excluding carboxylic acids is 1. The van der Waals surface area contributed by atoms with Crippen molar-refractivity contribution in [1.29, 1.82) is 0 Å². The van der Waals surface area contributed by atoms with Crippen molar-refractivity contribution in [2.45, 2.75) is 26.3 Å². The van der Waals surface area contributed by atoms with Gasteiger partial charge in [-0.2, -0.15) is 0 Å². The van der Waals surface area contributed by atoms with Crippen LogP contribution in [0.25, 0.3) is 0 Å². The molecule has 2 amide bonds. The van der Waals surface area contributed by atoms with E-state index < -0.39 is 0 Å². The minimum Gasteiger partial charge on any atom is -0.497 e. The Morgan fingerprint density at radius 3 is 2.87 bits per heavy atom. The number of aromatic amines is 1. The van der Waals surface area contributed by atoms with Crippen LogP contribution in [-0.4, -0.2) is 34.6 Å². The van der Waals surface area contributed by atoms with Crippen LogP contribution in [0.15, 0.2) is 53.3 Å². The van der Waals surface area contributed by atoms with Crippen LogP contribution in [0.5, 0.6) is 5.75 Å². The smallest absolute Gasteiger partial charge is 0.322 e. The number of anilines is 1. The van der Waals surface area contributed by atoms with E-state index in [1.807, 2.05) is 55.5 Å². The number of H-pyrrole nitrogens is 1. The lowest BCUT2D eigenvalue weighted by molar-refractivity contribution is 0.205. The van der Waals surface area contributed by atoms with E-state index >= 15 is 0 Å². The Morgan fingerprint density at radius 2 is 2.07 bits per heavy atom. The highest BCUT2D eigenvalue weighted by Crippen LogP contribution is 2.18. The maximum Gasteiger partial charge on any atom is 0.322 e. The first kappa shape index (κ1) is 19.7. The monoisotopic (exact) mass is 404 g/mol. The van der Waals surface area contributed by atoms with Crippen LogP contribution >= 0.6 is 0 Å². The second-order valence-electron chi connectivity index (χ2n) is 7.44. The van der Waals surface area contributed by atoms with Crippen molar-refractivity contribution in [2.24, 2.45) is 0 Å². The molecule has 0 bridgehead atoms. The van der Waals surface area contributed by atoms with Gasteiger partial charge >= 0.3 is 6.03 Å². The Balaban J connectivity index is 1.49. The number of nitrogens with zero attached hydrogens (tertiary/aromatic N) is 2. The van der Waals surface area contributed by atoms with E-state index in [9.17, 15) is 9.59 Å². The summed E-state index contributed by atoms with van der Waals surface area (Å²) in [6, 6.07) is 15.1. The number of urea groups is 1. The number of ether oxygens (including phenoxy) is 1. The molecule has 0 spiro atoms. The van der Waals surface area contributed by atoms with Gasteiger partial charge in [0.25, 0.3) is 5.56 Å². The molecule has 0 radical (unpaired) electrons. The normalized spacial score (nSPS) is 12.9. The van der Waals surface area contributed by atoms with E-state index in [1.165, 1.54) is 0 Å². The fourth-order valence-corrected chi connectivity index (χ4v) is 3.63. The number of rotatable bonds is 4. The largest absolute Gasteiger partial charge is 0.497 e. The number of hydrogen-bond donors (Lipinski definition) is 2. The van der Waals surface area contributed by atoms with Gasteiger partial charge in [-0.15, -0.1) is 0 Å². The zero-order chi connectivity index (χ0) is 21.1. The summed E-state index contributed by atoms with van der Waals surface area (Å²) in [5.41, 5.74) is 3.94. The summed E-state index contributed by atoms with van der Waals surface area (Å²) in [4.78, 5) is 34.5. The topological polar surface area (TPSA) is 87.3 Å². The van der Waals surface area contributed by atoms with Gasteiger partial charge in [-0.1, -0.05) is 24.3 Å². The number of nitrogens with one attached hydrogen (secondary N) is 2. The highest BCUT2D eigenvalue weighted by Gasteiger charge is 2.24. The van der Waals surface area contributed by atoms with Gasteiger partial charge in [-0.05, 0) is 42.3 Å². The van der Waals surface area contributed by atoms with Gasteiger partial charge in [0.2, 0.25) is 0 Å². The van der Waals surface area contributed by atoms with Crippen LogP contribution in [-0.2, 0) is 19.4 Å². The third-order valence-electron chi connectivity index (χ3n) is 5.18. The number of aryl methyl sites for hydroxylation is 1. The van der Waals surface area contributed by atoms with Crippen molar-refractivity contribution in [3.63, 3.8) is 0 Å². The lowest BCUT2D eigenvalue weighted by Gasteiger charge is -2.28. The van der Waals surface area contributed by atoms with E-state index in [0.717, 1.165) is 28.3 Å². The van der Waals surface area contributed by atoms with Crippen molar-refractivity contribution in [3.8, 4) is 5.75 Å². The first-order valence-electron chi connectivity index (χ1n) is 9.88. The van der Waals surface area contributed by atoms with Crippen LogP contribution in [0.1, 0.15) is 28.2 Å². The number of hydrogen-bond acceptors (Lipinski definition) is 4. The molecule has 0 unspecified atom stereocenters. The molecule has 2 heterocycles. The minimum atomic E-state index is -0.217. The average Bonchev–Trinajstić information content (AvgIpc) is 2.73. The van der Waals surface area contributed by atoms with Gasteiger partial charge in [-0.25, -0.2) is 9.78 Å². The van der Waals surface area contributed by atoms with Crippen molar-refractivity contribution in [1.82, 2.24) is 14.9 Å². The third-order valence-corrected chi connectivity index (χ3v) is 5.18. The quantitative estimate of drug-likeness (QED) is 0.699. The number of carbonyl (C=O) groups is 1. The fourth-order valence-electron chi connectivity index (χ4n) is 3.63. The molecule has 7 heteroatoms. The lowest BCUT2D eigenvalue weighted by atomic mass is 10.1. The van der Waals surface area contributed by atoms with Crippen LogP contribution in [0, 0.1) is 6.92 Å². The fraction of sp³-hybridized carbons (Fsp3) is 0.261. The zero-order valence-corrected chi connectivity index (χ0v) is 17.1. The SMILES string of the molecule is COc1cccc(Cc2nc3c(c(=O)[nH]2)CN(C(=O)Nc2cccc(C)c2)CC3)c1. The van der Waals surface area contributed by atoms with Crippen LogP contribution < -0.4 is 15.6 Å². The molecule has 0 atom stereocenters. The summed E-state index contributed by atoms with van der Waals surface area (Å²) in [6.45, 7) is 2.73. The summed E-state index contributed by atoms with van der Waals surface area (Å²) < 4.78 is 5.25. The molecule has 4 rings (SSSR count). The molecule has 154 valence electrons. The molecule has 7 nitrogen and oxygen atoms in total. The van der Waals surface area contributed by atoms with E-state index in [4.69, 9.17) is 4.74 Å². The Hall–Kier alpha value is -3.61. The van der Waals surface area contributed by atoms with Crippen LogP contribution in [0.2, 0.25) is 0 Å². The van der Waals surface area contributed by atoms with Gasteiger partial charge in [0.05, 0.1) is 24.9 Å². The first-order chi connectivity index (χ1) is 14.5. The number of amides is 2. The lowest BCUT2D eigenvalue weighted by Crippen LogP contribution is -2.42. The molecule has 0 saturated heterocycles. The maximum atomic E-state index is 12.7. The summed E-state index contributed by atoms with van der Waals surface area (Å²) in [6.07, 6.45) is 1.06. The zero-order valence-electron chi connectivity index (χ0n) is 17.1. The predicted octanol–water partition coefficient (Wildman–Crippen LogP) is 3.27. The molecule has 1 aromatic heterocycles. The van der Waals surface area contributed by atoms with E-state index in [2.05, 4.69) is 15.3 Å². The van der Waals surface area contributed by atoms with E-state index in [0.29, 0.717) is 30.8 Å². The number of fused-ring (bicyclic) bond motifs is 1. The molecule has 3 aromatic rings. The molecule has 0 aliphatic carbocycles. The summed E-state index contributed by atoms with van der Waals surface area (Å²) >= 11 is 0. The average molecular weight is 404 g/mol. The molecule has 1 aliphatic heterocycles. The molecule has 2 N–H and O–H groups in total. The van der Waals surface area contributed by atoms with Crippen molar-refractivity contribution in [3.05, 3.63) is 87.1 Å². The van der Waals surface area contributed by atoms with Crippen molar-refractivity contribution in [2.75, 3.05) is 19.0 Å². The summed E-state index contributed by atoms with van der Waals surface area (Å²) in [5, 5.41) is 2.90. The van der Waals surface area contributed by atoms with Crippen molar-refractivity contribution < 1.29 is 9.53 Å². The highest BCUT2D eigenvalue weighted by molar-refractivity contribution is 5.89. The Morgan fingerprint density at radius 1 is 1.23 bits per heavy atom. The number of methoxy groups -OCH3 is 1. The molecular weight excluding hydrogens is 380 g/mol. The highest BCUT2D eigenvalue weighted by atomic mass is 16.5. The number of benzene rings is 2. The summed E-state index contributed by atoms with van der Waals surface area (Å²) in [7, 11) is 1.62. The van der Waals surface area contributed by atoms with Gasteiger partial charge in [0.15, 0.2) is 0 Å². The predicted molar refractivity (Wildman–Crippen MR) is 115 cm³/mol. The molecule has 2 aromatic carbocycles. The maximum absolute atomic E-state index is 12.7. The first-order valence-corrected chi connectivity index (χ1v) is 9.88. The standard InChI is InChI=1S/C23H24N4O3/c1-15-5-3-7-17(11-15)24-23(29)27-10-9-20-19(14-27)22(28)26-21(25-20)13-16-6-4-8-18(12-16)30-2/h3-8,11-12H,9-10,13-14H2,1-2H3,(H,24,29)(H,25,26,28). The van der Waals surface area contributed by atoms with E-state index in [1.54, 1.807) is 12.0 Å². The Labute approximate surface area is 174 Å². The van der Waals surface area contributed by atoms with Gasteiger partial charge in [0, 0.05) is 25.1 Å². The second kappa shape index (κ2) is 8.41. The Bertz CT molecular complexity index is 1140. The minimum absolute atomic E-state index is 0.189. The number of aromatic nitrogens is 2. The molecular formula is C23H24N4O3. The molecule has 0 fully saturated rings. The second-order valence-corrected chi connectivity index (χ2v) is 7.44. The van der Waals surface area contributed by atoms with Crippen molar-refractivity contribution >= 4 is 11.7 Å². The Kier molecular flexibility index (Phi) is 5.52. The van der Waals surface area contributed by atoms with Gasteiger partial charge in [0.1, 0.15) is 11.6 Å². The van der Waals surface area contributed by atoms with Gasteiger partial charge < -0.3 is 19.9 Å².